The molecule has 2 aliphatic carbocycles. The summed E-state index contributed by atoms with van der Waals surface area (Å²) in [6.07, 6.45) is -1.34. The molecule has 1 aliphatic heterocycles. The Morgan fingerprint density at radius 1 is 1.09 bits per heavy atom. The Balaban J connectivity index is 1.82. The van der Waals surface area contributed by atoms with Gasteiger partial charge in [0, 0.05) is 28.7 Å². The van der Waals surface area contributed by atoms with Crippen LogP contribution in [0.2, 0.25) is 18.1 Å². The standard InChI is InChI=1S/C35H48F3NO4Si/c1-20(2)29-27-28(34(16-10-11-17-34)42-31(27)21-12-14-22(15-13-21)35(36,37)38)26-24(43-44(8,9)32(3,4)5)19-33(6,7)23(18-25(40)41)30(26)39-29/h12-15,20,23-24,31H,10-11,16-19H2,1-9H3,(H,40,41)/p-1/t23-,24+,31-/m1/s1. The van der Waals surface area contributed by atoms with Crippen LogP contribution in [0.1, 0.15) is 150 Å². The topological polar surface area (TPSA) is 71.5 Å². The first-order valence-corrected chi connectivity index (χ1v) is 18.9. The van der Waals surface area contributed by atoms with Gasteiger partial charge in [0.05, 0.1) is 23.0 Å². The van der Waals surface area contributed by atoms with E-state index in [1.165, 1.54) is 12.1 Å². The Morgan fingerprint density at radius 3 is 2.18 bits per heavy atom. The normalized spacial score (nSPS) is 24.5. The number of carbonyl (C=O) groups excluding carboxylic acids is 1. The Labute approximate surface area is 261 Å². The summed E-state index contributed by atoms with van der Waals surface area (Å²) in [5.74, 6) is -1.52. The van der Waals surface area contributed by atoms with E-state index in [0.717, 1.165) is 65.9 Å². The number of carbonyl (C=O) groups is 1. The number of benzene rings is 1. The smallest absolute Gasteiger partial charge is 0.416 e. The van der Waals surface area contributed by atoms with Crippen LogP contribution in [0, 0.1) is 5.41 Å². The van der Waals surface area contributed by atoms with Crippen molar-refractivity contribution in [3.8, 4) is 0 Å². The van der Waals surface area contributed by atoms with E-state index < -0.39 is 43.1 Å². The summed E-state index contributed by atoms with van der Waals surface area (Å²) in [7, 11) is -2.31. The molecule has 2 heterocycles. The summed E-state index contributed by atoms with van der Waals surface area (Å²) in [5.41, 5.74) is 3.42. The summed E-state index contributed by atoms with van der Waals surface area (Å²) < 4.78 is 54.8. The molecule has 0 radical (unpaired) electrons. The van der Waals surface area contributed by atoms with Gasteiger partial charge in [0.1, 0.15) is 6.10 Å². The molecule has 3 atom stereocenters. The van der Waals surface area contributed by atoms with Crippen LogP contribution in [-0.2, 0) is 25.7 Å². The average molecular weight is 631 g/mol. The Kier molecular flexibility index (Phi) is 8.24. The summed E-state index contributed by atoms with van der Waals surface area (Å²) >= 11 is 0. The molecular formula is C35H47F3NO4Si-. The molecule has 1 aromatic heterocycles. The minimum atomic E-state index is -4.43. The SMILES string of the molecule is CC(C)c1nc2c(c3c1[C@@H](c1ccc(C(F)(F)F)cc1)OC31CCCC1)[C@@H](O[Si](C)(C)C(C)(C)C)CC(C)(C)[C@@H]2CC(=O)[O-]. The lowest BCUT2D eigenvalue weighted by atomic mass is 9.63. The van der Waals surface area contributed by atoms with Crippen LogP contribution in [0.25, 0.3) is 0 Å². The van der Waals surface area contributed by atoms with Crippen LogP contribution < -0.4 is 5.11 Å². The van der Waals surface area contributed by atoms with Crippen molar-refractivity contribution in [3.05, 3.63) is 63.5 Å². The number of carboxylic acids is 1. The zero-order chi connectivity index (χ0) is 32.6. The molecule has 0 saturated heterocycles. The van der Waals surface area contributed by atoms with E-state index >= 15 is 0 Å². The molecule has 0 amide bonds. The van der Waals surface area contributed by atoms with Crippen LogP contribution in [0.3, 0.4) is 0 Å². The predicted molar refractivity (Wildman–Crippen MR) is 165 cm³/mol. The minimum Gasteiger partial charge on any atom is -0.550 e. The molecule has 0 N–H and O–H groups in total. The number of pyridine rings is 1. The number of hydrogen-bond acceptors (Lipinski definition) is 5. The highest BCUT2D eigenvalue weighted by molar-refractivity contribution is 6.74. The lowest BCUT2D eigenvalue weighted by Gasteiger charge is -2.48. The van der Waals surface area contributed by atoms with E-state index in [9.17, 15) is 23.1 Å². The third-order valence-electron chi connectivity index (χ3n) is 10.8. The summed E-state index contributed by atoms with van der Waals surface area (Å²) in [5, 5.41) is 12.1. The molecule has 1 saturated carbocycles. The molecule has 3 aliphatic rings. The van der Waals surface area contributed by atoms with Gasteiger partial charge in [0.15, 0.2) is 8.32 Å². The molecular weight excluding hydrogens is 583 g/mol. The second kappa shape index (κ2) is 10.9. The number of fused-ring (bicyclic) bond motifs is 4. The third-order valence-corrected chi connectivity index (χ3v) is 15.3. The maximum Gasteiger partial charge on any atom is 0.416 e. The Bertz CT molecular complexity index is 1420. The van der Waals surface area contributed by atoms with Crippen LogP contribution in [0.15, 0.2) is 24.3 Å². The fourth-order valence-electron chi connectivity index (χ4n) is 7.44. The molecule has 242 valence electrons. The van der Waals surface area contributed by atoms with Crippen LogP contribution >= 0.6 is 0 Å². The molecule has 5 rings (SSSR count). The number of rotatable bonds is 6. The number of aliphatic carboxylic acids is 1. The van der Waals surface area contributed by atoms with E-state index in [-0.39, 0.29) is 29.4 Å². The van der Waals surface area contributed by atoms with Gasteiger partial charge in [-0.3, -0.25) is 4.98 Å². The van der Waals surface area contributed by atoms with Crippen molar-refractivity contribution in [1.82, 2.24) is 4.98 Å². The number of hydrogen-bond donors (Lipinski definition) is 0. The fourth-order valence-corrected chi connectivity index (χ4v) is 8.71. The first kappa shape index (κ1) is 33.1. The molecule has 0 unspecified atom stereocenters. The number of carboxylic acid groups (broad SMARTS) is 1. The second-order valence-electron chi connectivity index (χ2n) is 15.7. The molecule has 44 heavy (non-hydrogen) atoms. The highest BCUT2D eigenvalue weighted by Crippen LogP contribution is 2.62. The largest absolute Gasteiger partial charge is 0.550 e. The monoisotopic (exact) mass is 630 g/mol. The molecule has 1 aromatic carbocycles. The zero-order valence-corrected chi connectivity index (χ0v) is 28.6. The first-order valence-electron chi connectivity index (χ1n) is 16.0. The highest BCUT2D eigenvalue weighted by atomic mass is 28.4. The van der Waals surface area contributed by atoms with Gasteiger partial charge in [-0.25, -0.2) is 0 Å². The number of ether oxygens (including phenoxy) is 1. The number of halogens is 3. The van der Waals surface area contributed by atoms with Crippen LogP contribution in [0.4, 0.5) is 13.2 Å². The van der Waals surface area contributed by atoms with Crippen LogP contribution in [0.5, 0.6) is 0 Å². The predicted octanol–water partition coefficient (Wildman–Crippen LogP) is 8.83. The van der Waals surface area contributed by atoms with Crippen molar-refractivity contribution >= 4 is 14.3 Å². The van der Waals surface area contributed by atoms with Crippen molar-refractivity contribution in [2.45, 2.75) is 141 Å². The second-order valence-corrected chi connectivity index (χ2v) is 20.5. The van der Waals surface area contributed by atoms with E-state index in [1.54, 1.807) is 0 Å². The van der Waals surface area contributed by atoms with Gasteiger partial charge in [0.25, 0.3) is 0 Å². The lowest BCUT2D eigenvalue weighted by Crippen LogP contribution is -2.45. The summed E-state index contributed by atoms with van der Waals surface area (Å²) in [4.78, 5) is 17.5. The van der Waals surface area contributed by atoms with Gasteiger partial charge in [0.2, 0.25) is 0 Å². The highest BCUT2D eigenvalue weighted by Gasteiger charge is 2.55. The molecule has 2 aromatic rings. The zero-order valence-electron chi connectivity index (χ0n) is 27.6. The quantitative estimate of drug-likeness (QED) is 0.298. The number of nitrogens with zero attached hydrogens (tertiary/aromatic N) is 1. The average Bonchev–Trinajstić information content (AvgIpc) is 3.49. The molecule has 5 nitrogen and oxygen atoms in total. The van der Waals surface area contributed by atoms with Gasteiger partial charge in [-0.1, -0.05) is 73.4 Å². The van der Waals surface area contributed by atoms with Gasteiger partial charge in [-0.15, -0.1) is 0 Å². The van der Waals surface area contributed by atoms with Crippen LogP contribution in [-0.4, -0.2) is 19.3 Å². The van der Waals surface area contributed by atoms with Crippen molar-refractivity contribution in [3.63, 3.8) is 0 Å². The summed E-state index contributed by atoms with van der Waals surface area (Å²) in [6.45, 7) is 19.4. The Hall–Kier alpha value is -2.23. The van der Waals surface area contributed by atoms with Gasteiger partial charge in [-0.05, 0) is 78.4 Å². The van der Waals surface area contributed by atoms with Gasteiger partial charge < -0.3 is 19.1 Å². The molecule has 1 fully saturated rings. The van der Waals surface area contributed by atoms with Gasteiger partial charge in [-0.2, -0.15) is 13.2 Å². The van der Waals surface area contributed by atoms with E-state index in [4.69, 9.17) is 14.1 Å². The third kappa shape index (κ3) is 5.66. The fraction of sp³-hybridized carbons (Fsp3) is 0.657. The molecule has 0 bridgehead atoms. The van der Waals surface area contributed by atoms with Crippen molar-refractivity contribution < 1.29 is 32.2 Å². The maximum atomic E-state index is 13.5. The Morgan fingerprint density at radius 2 is 1.68 bits per heavy atom. The van der Waals surface area contributed by atoms with Crippen molar-refractivity contribution in [2.75, 3.05) is 0 Å². The molecule has 9 heteroatoms. The molecule has 1 spiro atoms. The lowest BCUT2D eigenvalue weighted by molar-refractivity contribution is -0.306. The summed E-state index contributed by atoms with van der Waals surface area (Å²) in [6, 6.07) is 5.31. The van der Waals surface area contributed by atoms with E-state index in [0.29, 0.717) is 12.0 Å². The minimum absolute atomic E-state index is 0.0282. The van der Waals surface area contributed by atoms with Gasteiger partial charge >= 0.3 is 6.18 Å². The number of alkyl halides is 3. The van der Waals surface area contributed by atoms with Crippen molar-refractivity contribution in [2.24, 2.45) is 5.41 Å². The maximum absolute atomic E-state index is 13.5. The van der Waals surface area contributed by atoms with Crippen molar-refractivity contribution in [1.29, 1.82) is 0 Å². The van der Waals surface area contributed by atoms with E-state index in [2.05, 4.69) is 61.6 Å². The number of aromatic nitrogens is 1. The first-order chi connectivity index (χ1) is 20.2. The van der Waals surface area contributed by atoms with E-state index in [1.807, 2.05) is 0 Å².